The smallest absolute Gasteiger partial charge is 0.221 e. The molecular formula is C15H12ClNO2S. The van der Waals surface area contributed by atoms with Crippen molar-refractivity contribution in [3.8, 4) is 0 Å². The highest BCUT2D eigenvalue weighted by Crippen LogP contribution is 2.22. The van der Waals surface area contributed by atoms with Gasteiger partial charge in [0.2, 0.25) is 5.91 Å². The van der Waals surface area contributed by atoms with Crippen LogP contribution in [0.5, 0.6) is 0 Å². The van der Waals surface area contributed by atoms with Crippen molar-refractivity contribution in [3.63, 3.8) is 0 Å². The van der Waals surface area contributed by atoms with Crippen LogP contribution in [0.4, 0.5) is 5.69 Å². The molecule has 0 aliphatic rings. The van der Waals surface area contributed by atoms with Crippen molar-refractivity contribution < 1.29 is 9.59 Å². The highest BCUT2D eigenvalue weighted by Gasteiger charge is 2.04. The van der Waals surface area contributed by atoms with Crippen molar-refractivity contribution in [2.75, 3.05) is 5.32 Å². The number of amides is 1. The van der Waals surface area contributed by atoms with E-state index in [0.717, 1.165) is 11.3 Å². The highest BCUT2D eigenvalue weighted by atomic mass is 35.5. The van der Waals surface area contributed by atoms with Crippen LogP contribution in [0.2, 0.25) is 4.34 Å². The van der Waals surface area contributed by atoms with Crippen molar-refractivity contribution in [3.05, 3.63) is 57.3 Å². The molecule has 0 unspecified atom stereocenters. The van der Waals surface area contributed by atoms with Crippen LogP contribution in [0, 0.1) is 0 Å². The van der Waals surface area contributed by atoms with Crippen LogP contribution in [-0.4, -0.2) is 11.7 Å². The monoisotopic (exact) mass is 305 g/mol. The van der Waals surface area contributed by atoms with Gasteiger partial charge in [-0.3, -0.25) is 9.59 Å². The quantitative estimate of drug-likeness (QED) is 0.678. The fourth-order valence-corrected chi connectivity index (χ4v) is 2.54. The van der Waals surface area contributed by atoms with Crippen LogP contribution in [-0.2, 0) is 4.79 Å². The van der Waals surface area contributed by atoms with Crippen LogP contribution < -0.4 is 5.32 Å². The molecule has 3 nitrogen and oxygen atoms in total. The summed E-state index contributed by atoms with van der Waals surface area (Å²) in [6.45, 7) is 1.46. The molecule has 5 heteroatoms. The molecule has 0 saturated heterocycles. The number of carbonyl (C=O) groups is 2. The van der Waals surface area contributed by atoms with Gasteiger partial charge in [-0.25, -0.2) is 0 Å². The standard InChI is InChI=1S/C15H12ClNO2S/c1-10(18)17-12-5-2-11(3-6-12)4-7-13(19)14-8-9-15(16)20-14/h2-9H,1H3,(H,17,18). The second-order valence-corrected chi connectivity index (χ2v) is 5.82. The zero-order valence-electron chi connectivity index (χ0n) is 10.7. The number of rotatable bonds is 4. The van der Waals surface area contributed by atoms with Crippen molar-refractivity contribution >= 4 is 46.4 Å². The van der Waals surface area contributed by atoms with Crippen LogP contribution in [0.1, 0.15) is 22.2 Å². The number of halogens is 1. The fraction of sp³-hybridized carbons (Fsp3) is 0.0667. The van der Waals surface area contributed by atoms with E-state index >= 15 is 0 Å². The summed E-state index contributed by atoms with van der Waals surface area (Å²) >= 11 is 7.05. The molecule has 0 spiro atoms. The Bertz CT molecular complexity index is 659. The first-order chi connectivity index (χ1) is 9.54. The third kappa shape index (κ3) is 4.05. The molecule has 102 valence electrons. The predicted octanol–water partition coefficient (Wildman–Crippen LogP) is 4.26. The van der Waals surface area contributed by atoms with E-state index in [-0.39, 0.29) is 11.7 Å². The van der Waals surface area contributed by atoms with E-state index in [2.05, 4.69) is 5.32 Å². The summed E-state index contributed by atoms with van der Waals surface area (Å²) in [5.74, 6) is -0.189. The van der Waals surface area contributed by atoms with Gasteiger partial charge >= 0.3 is 0 Å². The van der Waals surface area contributed by atoms with Crippen LogP contribution in [0.25, 0.3) is 6.08 Å². The Hall–Kier alpha value is -1.91. The van der Waals surface area contributed by atoms with E-state index in [0.29, 0.717) is 9.21 Å². The van der Waals surface area contributed by atoms with Gasteiger partial charge in [0, 0.05) is 12.6 Å². The van der Waals surface area contributed by atoms with Gasteiger partial charge in [-0.15, -0.1) is 11.3 Å². The molecular weight excluding hydrogens is 294 g/mol. The average Bonchev–Trinajstić information content (AvgIpc) is 2.84. The van der Waals surface area contributed by atoms with Gasteiger partial charge in [0.05, 0.1) is 9.21 Å². The van der Waals surface area contributed by atoms with Crippen molar-refractivity contribution in [1.82, 2.24) is 0 Å². The molecule has 0 radical (unpaired) electrons. The molecule has 0 bridgehead atoms. The molecule has 0 atom stereocenters. The highest BCUT2D eigenvalue weighted by molar-refractivity contribution is 7.18. The van der Waals surface area contributed by atoms with Gasteiger partial charge in [0.25, 0.3) is 0 Å². The molecule has 0 saturated carbocycles. The third-order valence-electron chi connectivity index (χ3n) is 2.47. The Labute approximate surface area is 125 Å². The third-order valence-corrected chi connectivity index (χ3v) is 3.72. The molecule has 0 aliphatic heterocycles. The second-order valence-electron chi connectivity index (χ2n) is 4.10. The zero-order chi connectivity index (χ0) is 14.5. The molecule has 2 rings (SSSR count). The number of ketones is 1. The summed E-state index contributed by atoms with van der Waals surface area (Å²) in [5.41, 5.74) is 1.61. The lowest BCUT2D eigenvalue weighted by Crippen LogP contribution is -2.05. The summed E-state index contributed by atoms with van der Waals surface area (Å²) in [4.78, 5) is 23.4. The van der Waals surface area contributed by atoms with Crippen LogP contribution in [0.3, 0.4) is 0 Å². The minimum atomic E-state index is -0.113. The van der Waals surface area contributed by atoms with Gasteiger partial charge < -0.3 is 5.32 Å². The number of hydrogen-bond acceptors (Lipinski definition) is 3. The lowest BCUT2D eigenvalue weighted by atomic mass is 10.1. The number of anilines is 1. The van der Waals surface area contributed by atoms with E-state index in [1.54, 1.807) is 30.3 Å². The molecule has 1 amide bonds. The first-order valence-corrected chi connectivity index (χ1v) is 7.09. The number of allylic oxidation sites excluding steroid dienone is 1. The van der Waals surface area contributed by atoms with Crippen molar-refractivity contribution in [1.29, 1.82) is 0 Å². The topological polar surface area (TPSA) is 46.2 Å². The Morgan fingerprint density at radius 2 is 1.85 bits per heavy atom. The fourth-order valence-electron chi connectivity index (χ4n) is 1.58. The number of hydrogen-bond donors (Lipinski definition) is 1. The average molecular weight is 306 g/mol. The summed E-state index contributed by atoms with van der Waals surface area (Å²) in [6, 6.07) is 10.6. The van der Waals surface area contributed by atoms with E-state index in [9.17, 15) is 9.59 Å². The lowest BCUT2D eigenvalue weighted by molar-refractivity contribution is -0.114. The number of benzene rings is 1. The maximum absolute atomic E-state index is 11.9. The minimum absolute atomic E-state index is 0.0761. The minimum Gasteiger partial charge on any atom is -0.326 e. The van der Waals surface area contributed by atoms with E-state index < -0.39 is 0 Å². The van der Waals surface area contributed by atoms with Gasteiger partial charge in [-0.2, -0.15) is 0 Å². The molecule has 20 heavy (non-hydrogen) atoms. The summed E-state index contributed by atoms with van der Waals surface area (Å²) in [5, 5.41) is 2.68. The molecule has 0 fully saturated rings. The normalized spacial score (nSPS) is 10.7. The Morgan fingerprint density at radius 1 is 1.15 bits per heavy atom. The summed E-state index contributed by atoms with van der Waals surface area (Å²) in [6.07, 6.45) is 3.24. The molecule has 0 aliphatic carbocycles. The predicted molar refractivity (Wildman–Crippen MR) is 83.4 cm³/mol. The first kappa shape index (κ1) is 14.5. The Morgan fingerprint density at radius 3 is 2.40 bits per heavy atom. The van der Waals surface area contributed by atoms with Crippen molar-refractivity contribution in [2.45, 2.75) is 6.92 Å². The number of carbonyl (C=O) groups excluding carboxylic acids is 2. The van der Waals surface area contributed by atoms with E-state index in [1.807, 2.05) is 12.1 Å². The molecule has 1 heterocycles. The zero-order valence-corrected chi connectivity index (χ0v) is 12.3. The maximum Gasteiger partial charge on any atom is 0.221 e. The molecule has 1 aromatic carbocycles. The van der Waals surface area contributed by atoms with Gasteiger partial charge in [0.15, 0.2) is 5.78 Å². The van der Waals surface area contributed by atoms with E-state index in [4.69, 9.17) is 11.6 Å². The largest absolute Gasteiger partial charge is 0.326 e. The second kappa shape index (κ2) is 6.50. The van der Waals surface area contributed by atoms with Gasteiger partial charge in [-0.05, 0) is 35.9 Å². The molecule has 1 N–H and O–H groups in total. The summed E-state index contributed by atoms with van der Waals surface area (Å²) < 4.78 is 0.599. The first-order valence-electron chi connectivity index (χ1n) is 5.90. The Kier molecular flexibility index (Phi) is 4.71. The number of thiophene rings is 1. The Balaban J connectivity index is 2.04. The van der Waals surface area contributed by atoms with Crippen LogP contribution in [0.15, 0.2) is 42.5 Å². The van der Waals surface area contributed by atoms with Gasteiger partial charge in [0.1, 0.15) is 0 Å². The summed E-state index contributed by atoms with van der Waals surface area (Å²) in [7, 11) is 0. The molecule has 1 aromatic heterocycles. The van der Waals surface area contributed by atoms with E-state index in [1.165, 1.54) is 24.3 Å². The molecule has 2 aromatic rings. The van der Waals surface area contributed by atoms with Gasteiger partial charge in [-0.1, -0.05) is 29.8 Å². The van der Waals surface area contributed by atoms with Crippen molar-refractivity contribution in [2.24, 2.45) is 0 Å². The SMILES string of the molecule is CC(=O)Nc1ccc(C=CC(=O)c2ccc(Cl)s2)cc1. The van der Waals surface area contributed by atoms with Crippen LogP contribution >= 0.6 is 22.9 Å². The number of nitrogens with one attached hydrogen (secondary N) is 1. The lowest BCUT2D eigenvalue weighted by Gasteiger charge is -2.01. The maximum atomic E-state index is 11.9.